The van der Waals surface area contributed by atoms with E-state index in [0.717, 1.165) is 7.11 Å². The van der Waals surface area contributed by atoms with E-state index in [1.807, 2.05) is 0 Å². The fourth-order valence-electron chi connectivity index (χ4n) is 0. The van der Waals surface area contributed by atoms with Gasteiger partial charge in [-0.2, -0.15) is 0 Å². The van der Waals surface area contributed by atoms with Crippen LogP contribution in [0.1, 0.15) is 0 Å². The second kappa shape index (κ2) is 332. The van der Waals surface area contributed by atoms with Gasteiger partial charge in [0.25, 0.3) is 0 Å². The number of aliphatic hydroxyl groups is 1. The first kappa shape index (κ1) is 18.2. The molecule has 6 heavy (non-hydrogen) atoms. The van der Waals surface area contributed by atoms with Gasteiger partial charge in [0.2, 0.25) is 6.41 Å². The minimum atomic E-state index is 0. The van der Waals surface area contributed by atoms with Crippen molar-refractivity contribution in [2.24, 2.45) is 5.73 Å². The molecular formula is C2H9NO3. The van der Waals surface area contributed by atoms with Gasteiger partial charge in [0, 0.05) is 7.11 Å². The van der Waals surface area contributed by atoms with E-state index >= 15 is 0 Å². The topological polar surface area (TPSA) is 94.8 Å². The van der Waals surface area contributed by atoms with Crippen LogP contribution in [-0.4, -0.2) is 24.1 Å². The number of rotatable bonds is 0. The van der Waals surface area contributed by atoms with Gasteiger partial charge in [-0.05, 0) is 0 Å². The minimum absolute atomic E-state index is 0. The molecule has 0 spiro atoms. The summed E-state index contributed by atoms with van der Waals surface area (Å²) in [7, 11) is 1.00. The molecule has 0 aromatic heterocycles. The van der Waals surface area contributed by atoms with E-state index in [4.69, 9.17) is 9.90 Å². The van der Waals surface area contributed by atoms with Crippen LogP contribution in [0, 0.1) is 0 Å². The molecule has 4 nitrogen and oxygen atoms in total. The Kier molecular flexibility index (Phi) is 1010. The average molecular weight is 95.1 g/mol. The SMILES string of the molecule is CO.NC=O.O. The third-order valence-corrected chi connectivity index (χ3v) is 0. The molecule has 0 atom stereocenters. The summed E-state index contributed by atoms with van der Waals surface area (Å²) in [5.41, 5.74) is 4.17. The Morgan fingerprint density at radius 1 is 1.67 bits per heavy atom. The molecule has 0 rings (SSSR count). The summed E-state index contributed by atoms with van der Waals surface area (Å²) in [6, 6.07) is 0. The highest BCUT2D eigenvalue weighted by atomic mass is 16.2. The van der Waals surface area contributed by atoms with Gasteiger partial charge in [-0.1, -0.05) is 0 Å². The molecule has 0 saturated carbocycles. The molecule has 40 valence electrons. The summed E-state index contributed by atoms with van der Waals surface area (Å²) < 4.78 is 0. The van der Waals surface area contributed by atoms with Crippen LogP contribution in [0.15, 0.2) is 0 Å². The van der Waals surface area contributed by atoms with Crippen molar-refractivity contribution in [1.29, 1.82) is 0 Å². The molecule has 5 N–H and O–H groups in total. The lowest BCUT2D eigenvalue weighted by Crippen LogP contribution is -1.82. The van der Waals surface area contributed by atoms with E-state index in [0.29, 0.717) is 0 Å². The van der Waals surface area contributed by atoms with Crippen molar-refractivity contribution in [2.75, 3.05) is 7.11 Å². The number of aliphatic hydroxyl groups excluding tert-OH is 1. The van der Waals surface area contributed by atoms with E-state index < -0.39 is 0 Å². The van der Waals surface area contributed by atoms with Crippen molar-refractivity contribution in [1.82, 2.24) is 0 Å². The Hall–Kier alpha value is -0.610. The van der Waals surface area contributed by atoms with Crippen LogP contribution in [0.5, 0.6) is 0 Å². The summed E-state index contributed by atoms with van der Waals surface area (Å²) in [5, 5.41) is 7.00. The van der Waals surface area contributed by atoms with Crippen molar-refractivity contribution < 1.29 is 15.4 Å². The van der Waals surface area contributed by atoms with Crippen molar-refractivity contribution >= 4 is 6.41 Å². The zero-order valence-electron chi connectivity index (χ0n) is 3.51. The molecule has 0 bridgehead atoms. The Morgan fingerprint density at radius 3 is 1.67 bits per heavy atom. The van der Waals surface area contributed by atoms with Gasteiger partial charge in [0.1, 0.15) is 0 Å². The van der Waals surface area contributed by atoms with Crippen LogP contribution in [0.4, 0.5) is 0 Å². The van der Waals surface area contributed by atoms with Crippen LogP contribution >= 0.6 is 0 Å². The van der Waals surface area contributed by atoms with Crippen LogP contribution in [0.25, 0.3) is 0 Å². The van der Waals surface area contributed by atoms with E-state index in [1.54, 1.807) is 0 Å². The number of nitrogens with two attached hydrogens (primary N) is 1. The van der Waals surface area contributed by atoms with Crippen LogP contribution in [0.2, 0.25) is 0 Å². The number of hydrogen-bond acceptors (Lipinski definition) is 2. The smallest absolute Gasteiger partial charge is 0.204 e. The van der Waals surface area contributed by atoms with Gasteiger partial charge in [-0.15, -0.1) is 0 Å². The Labute approximate surface area is 35.9 Å². The molecule has 0 fully saturated rings. The van der Waals surface area contributed by atoms with E-state index in [9.17, 15) is 0 Å². The first-order valence-corrected chi connectivity index (χ1v) is 1.02. The Bertz CT molecular complexity index is 16.3. The molecule has 0 radical (unpaired) electrons. The predicted octanol–water partition coefficient (Wildman–Crippen LogP) is -2.11. The Morgan fingerprint density at radius 2 is 1.67 bits per heavy atom. The number of primary amides is 1. The lowest BCUT2D eigenvalue weighted by molar-refractivity contribution is -0.106. The Balaban J connectivity index is -0.0000000275. The van der Waals surface area contributed by atoms with Crippen molar-refractivity contribution in [2.45, 2.75) is 0 Å². The zero-order chi connectivity index (χ0) is 4.71. The first-order valence-electron chi connectivity index (χ1n) is 1.02. The highest BCUT2D eigenvalue weighted by molar-refractivity contribution is 5.42. The second-order valence-corrected chi connectivity index (χ2v) is 0.136. The predicted molar refractivity (Wildman–Crippen MR) is 22.0 cm³/mol. The van der Waals surface area contributed by atoms with Gasteiger partial charge < -0.3 is 16.3 Å². The normalized spacial score (nSPS) is 3.00. The molecule has 0 aliphatic carbocycles. The van der Waals surface area contributed by atoms with Crippen LogP contribution < -0.4 is 5.73 Å². The molecule has 0 aliphatic heterocycles. The summed E-state index contributed by atoms with van der Waals surface area (Å²) >= 11 is 0. The van der Waals surface area contributed by atoms with Crippen molar-refractivity contribution in [3.63, 3.8) is 0 Å². The molecule has 0 aromatic rings. The standard InChI is InChI=1S/CH3NO.CH4O.H2O/c2-1-3;1-2;/h1H,(H2,2,3);2H,1H3;1H2. The monoisotopic (exact) mass is 95.1 g/mol. The minimum Gasteiger partial charge on any atom is -0.412 e. The highest BCUT2D eigenvalue weighted by Crippen LogP contribution is 0.799. The van der Waals surface area contributed by atoms with Crippen molar-refractivity contribution in [3.05, 3.63) is 0 Å². The van der Waals surface area contributed by atoms with Crippen LogP contribution in [-0.2, 0) is 4.79 Å². The van der Waals surface area contributed by atoms with E-state index in [-0.39, 0.29) is 11.9 Å². The number of carbonyl (C=O) groups is 1. The van der Waals surface area contributed by atoms with Gasteiger partial charge in [-0.3, -0.25) is 4.79 Å². The molecule has 0 aromatic carbocycles. The molecule has 0 heterocycles. The van der Waals surface area contributed by atoms with Gasteiger partial charge >= 0.3 is 0 Å². The van der Waals surface area contributed by atoms with Gasteiger partial charge in [0.15, 0.2) is 0 Å². The number of carbonyl (C=O) groups excluding carboxylic acids is 1. The molecule has 0 saturated heterocycles. The lowest BCUT2D eigenvalue weighted by atomic mass is 11.5. The highest BCUT2D eigenvalue weighted by Gasteiger charge is 1.19. The first-order chi connectivity index (χ1) is 2.41. The summed E-state index contributed by atoms with van der Waals surface area (Å²) in [6.45, 7) is 0. The summed E-state index contributed by atoms with van der Waals surface area (Å²) in [4.78, 5) is 8.58. The zero-order valence-corrected chi connectivity index (χ0v) is 3.51. The number of hydrogen-bond donors (Lipinski definition) is 2. The fourth-order valence-corrected chi connectivity index (χ4v) is 0. The molecule has 0 aliphatic rings. The fraction of sp³-hybridized carbons (Fsp3) is 0.500. The van der Waals surface area contributed by atoms with Crippen molar-refractivity contribution in [3.8, 4) is 0 Å². The largest absolute Gasteiger partial charge is 0.412 e. The van der Waals surface area contributed by atoms with Crippen LogP contribution in [0.3, 0.4) is 0 Å². The average Bonchev–Trinajstić information content (AvgIpc) is 1.46. The summed E-state index contributed by atoms with van der Waals surface area (Å²) in [6.07, 6.45) is 0.250. The maximum Gasteiger partial charge on any atom is 0.204 e. The molecule has 4 heteroatoms. The molecule has 1 amide bonds. The third-order valence-electron chi connectivity index (χ3n) is 0. The molecular weight excluding hydrogens is 86.0 g/mol. The van der Waals surface area contributed by atoms with E-state index in [1.165, 1.54) is 0 Å². The second-order valence-electron chi connectivity index (χ2n) is 0.136. The lowest BCUT2D eigenvalue weighted by Gasteiger charge is -1.32. The third kappa shape index (κ3) is 52.0. The maximum absolute atomic E-state index is 8.58. The quantitative estimate of drug-likeness (QED) is 0.337. The van der Waals surface area contributed by atoms with Gasteiger partial charge in [-0.25, -0.2) is 0 Å². The van der Waals surface area contributed by atoms with E-state index in [2.05, 4.69) is 5.73 Å². The molecule has 0 unspecified atom stereocenters. The number of amides is 1. The summed E-state index contributed by atoms with van der Waals surface area (Å²) in [5.74, 6) is 0. The maximum atomic E-state index is 8.58. The van der Waals surface area contributed by atoms with Gasteiger partial charge in [0.05, 0.1) is 0 Å².